The van der Waals surface area contributed by atoms with Crippen LogP contribution in [0.5, 0.6) is 23.0 Å². The first-order chi connectivity index (χ1) is 15.9. The van der Waals surface area contributed by atoms with E-state index in [-0.39, 0.29) is 25.9 Å². The van der Waals surface area contributed by atoms with Gasteiger partial charge in [0, 0.05) is 6.07 Å². The van der Waals surface area contributed by atoms with E-state index in [0.717, 1.165) is 0 Å². The summed E-state index contributed by atoms with van der Waals surface area (Å²) in [7, 11) is 1.49. The van der Waals surface area contributed by atoms with Gasteiger partial charge in [-0.05, 0) is 58.8 Å². The Hall–Kier alpha value is -2.76. The van der Waals surface area contributed by atoms with Crippen molar-refractivity contribution in [3.05, 3.63) is 45.3 Å². The predicted molar refractivity (Wildman–Crippen MR) is 131 cm³/mol. The highest BCUT2D eigenvalue weighted by Gasteiger charge is 2.34. The predicted octanol–water partition coefficient (Wildman–Crippen LogP) is 4.53. The number of thioether (sulfide) groups is 1. The number of hydrogen-bond acceptors (Lipinski definition) is 9. The number of amides is 1. The van der Waals surface area contributed by atoms with Crippen molar-refractivity contribution in [3.8, 4) is 23.0 Å². The minimum atomic E-state index is -0.484. The lowest BCUT2D eigenvalue weighted by Gasteiger charge is -2.15. The third-order valence-corrected chi connectivity index (χ3v) is 6.49. The number of benzene rings is 2. The summed E-state index contributed by atoms with van der Waals surface area (Å²) in [6.07, 6.45) is 1.72. The highest BCUT2D eigenvalue weighted by molar-refractivity contribution is 9.10. The largest absolute Gasteiger partial charge is 0.493 e. The van der Waals surface area contributed by atoms with Crippen LogP contribution in [-0.4, -0.2) is 43.3 Å². The number of esters is 1. The number of anilines is 1. The summed E-state index contributed by atoms with van der Waals surface area (Å²) in [6, 6.07) is 8.70. The second-order valence-corrected chi connectivity index (χ2v) is 9.21. The fourth-order valence-electron chi connectivity index (χ4n) is 3.16. The molecule has 1 fully saturated rings. The minimum Gasteiger partial charge on any atom is -0.493 e. The van der Waals surface area contributed by atoms with Crippen molar-refractivity contribution < 1.29 is 33.3 Å². The van der Waals surface area contributed by atoms with Gasteiger partial charge in [-0.3, -0.25) is 9.69 Å². The molecule has 2 aliphatic heterocycles. The van der Waals surface area contributed by atoms with Gasteiger partial charge < -0.3 is 23.7 Å². The monoisotopic (exact) mass is 551 g/mol. The Bertz CT molecular complexity index is 1170. The molecule has 1 saturated heterocycles. The molecule has 4 rings (SSSR count). The topological polar surface area (TPSA) is 83.5 Å². The Kier molecular flexibility index (Phi) is 7.11. The lowest BCUT2D eigenvalue weighted by Crippen LogP contribution is -2.27. The van der Waals surface area contributed by atoms with Gasteiger partial charge in [-0.2, -0.15) is 0 Å². The van der Waals surface area contributed by atoms with Gasteiger partial charge in [-0.15, -0.1) is 0 Å². The third-order valence-electron chi connectivity index (χ3n) is 4.60. The highest BCUT2D eigenvalue weighted by atomic mass is 79.9. The first kappa shape index (κ1) is 23.4. The molecular weight excluding hydrogens is 534 g/mol. The summed E-state index contributed by atoms with van der Waals surface area (Å²) in [4.78, 5) is 26.6. The van der Waals surface area contributed by atoms with E-state index < -0.39 is 5.97 Å². The lowest BCUT2D eigenvalue weighted by atomic mass is 10.1. The van der Waals surface area contributed by atoms with Crippen LogP contribution in [0, 0.1) is 0 Å². The normalized spacial score (nSPS) is 15.8. The fraction of sp³-hybridized carbons (Fsp3) is 0.227. The molecule has 0 atom stereocenters. The maximum atomic E-state index is 13.1. The van der Waals surface area contributed by atoms with Gasteiger partial charge in [0.15, 0.2) is 33.9 Å². The molecule has 8 nitrogen and oxygen atoms in total. The van der Waals surface area contributed by atoms with Gasteiger partial charge in [0.05, 0.1) is 28.8 Å². The molecule has 0 unspecified atom stereocenters. The van der Waals surface area contributed by atoms with Crippen LogP contribution in [0.3, 0.4) is 0 Å². The Morgan fingerprint density at radius 1 is 1.27 bits per heavy atom. The van der Waals surface area contributed by atoms with E-state index in [1.54, 1.807) is 43.3 Å². The molecule has 0 bridgehead atoms. The number of thiocarbonyl (C=S) groups is 1. The molecule has 0 aromatic heterocycles. The number of halogens is 1. The van der Waals surface area contributed by atoms with Gasteiger partial charge in [0.25, 0.3) is 5.91 Å². The molecule has 33 heavy (non-hydrogen) atoms. The Morgan fingerprint density at radius 3 is 2.82 bits per heavy atom. The molecule has 1 amide bonds. The summed E-state index contributed by atoms with van der Waals surface area (Å²) in [5.74, 6) is 1.21. The van der Waals surface area contributed by atoms with Crippen LogP contribution in [0.1, 0.15) is 12.5 Å². The Morgan fingerprint density at radius 2 is 2.06 bits per heavy atom. The Labute approximate surface area is 207 Å². The first-order valence-electron chi connectivity index (χ1n) is 9.74. The average molecular weight is 552 g/mol. The summed E-state index contributed by atoms with van der Waals surface area (Å²) < 4.78 is 27.6. The van der Waals surface area contributed by atoms with Crippen LogP contribution < -0.4 is 23.8 Å². The summed E-state index contributed by atoms with van der Waals surface area (Å²) >= 11 is 10.1. The van der Waals surface area contributed by atoms with Crippen LogP contribution >= 0.6 is 39.9 Å². The zero-order valence-electron chi connectivity index (χ0n) is 17.6. The molecule has 0 N–H and O–H groups in total. The molecule has 11 heteroatoms. The maximum Gasteiger partial charge on any atom is 0.344 e. The van der Waals surface area contributed by atoms with E-state index in [0.29, 0.717) is 47.9 Å². The molecule has 2 aliphatic rings. The van der Waals surface area contributed by atoms with Crippen molar-refractivity contribution in [3.63, 3.8) is 0 Å². The number of carbonyl (C=O) groups is 2. The fourth-order valence-corrected chi connectivity index (χ4v) is 5.04. The zero-order valence-corrected chi connectivity index (χ0v) is 20.8. The molecule has 0 radical (unpaired) electrons. The van der Waals surface area contributed by atoms with Crippen LogP contribution in [0.25, 0.3) is 6.08 Å². The van der Waals surface area contributed by atoms with Crippen molar-refractivity contribution in [1.82, 2.24) is 0 Å². The number of rotatable bonds is 7. The molecular formula is C22H18BrNO7S2. The molecule has 0 aliphatic carbocycles. The van der Waals surface area contributed by atoms with E-state index in [9.17, 15) is 9.59 Å². The summed E-state index contributed by atoms with van der Waals surface area (Å²) in [5, 5.41) is 0. The highest BCUT2D eigenvalue weighted by Crippen LogP contribution is 2.42. The van der Waals surface area contributed by atoms with E-state index in [1.807, 2.05) is 0 Å². The molecule has 2 heterocycles. The van der Waals surface area contributed by atoms with Crippen LogP contribution in [0.2, 0.25) is 0 Å². The van der Waals surface area contributed by atoms with Crippen LogP contribution in [0.4, 0.5) is 5.69 Å². The van der Waals surface area contributed by atoms with Crippen molar-refractivity contribution in [2.24, 2.45) is 0 Å². The molecule has 2 aromatic carbocycles. The third kappa shape index (κ3) is 4.94. The number of fused-ring (bicyclic) bond motifs is 1. The number of hydrogen-bond donors (Lipinski definition) is 0. The summed E-state index contributed by atoms with van der Waals surface area (Å²) in [5.41, 5.74) is 1.29. The molecule has 0 spiro atoms. The van der Waals surface area contributed by atoms with E-state index in [2.05, 4.69) is 15.9 Å². The van der Waals surface area contributed by atoms with E-state index in [1.165, 1.54) is 23.8 Å². The van der Waals surface area contributed by atoms with Crippen molar-refractivity contribution in [1.29, 1.82) is 0 Å². The quantitative estimate of drug-likeness (QED) is 0.280. The average Bonchev–Trinajstić information content (AvgIpc) is 3.36. The van der Waals surface area contributed by atoms with E-state index >= 15 is 0 Å². The van der Waals surface area contributed by atoms with Crippen LogP contribution in [-0.2, 0) is 14.3 Å². The molecule has 172 valence electrons. The van der Waals surface area contributed by atoms with Crippen molar-refractivity contribution >= 4 is 67.9 Å². The molecule has 0 saturated carbocycles. The summed E-state index contributed by atoms with van der Waals surface area (Å²) in [6.45, 7) is 1.88. The first-order valence-corrected chi connectivity index (χ1v) is 11.8. The lowest BCUT2D eigenvalue weighted by molar-refractivity contribution is -0.145. The van der Waals surface area contributed by atoms with Gasteiger partial charge in [0.1, 0.15) is 0 Å². The maximum absolute atomic E-state index is 13.1. The smallest absolute Gasteiger partial charge is 0.344 e. The number of carbonyl (C=O) groups excluding carboxylic acids is 2. The van der Waals surface area contributed by atoms with Crippen LogP contribution in [0.15, 0.2) is 39.7 Å². The molecule has 2 aromatic rings. The Balaban J connectivity index is 1.57. The second kappa shape index (κ2) is 10.0. The van der Waals surface area contributed by atoms with Gasteiger partial charge >= 0.3 is 5.97 Å². The van der Waals surface area contributed by atoms with Crippen molar-refractivity contribution in [2.45, 2.75) is 6.92 Å². The van der Waals surface area contributed by atoms with Crippen molar-refractivity contribution in [2.75, 3.05) is 32.0 Å². The number of nitrogens with zero attached hydrogens (tertiary/aromatic N) is 1. The van der Waals surface area contributed by atoms with Gasteiger partial charge in [-0.25, -0.2) is 4.79 Å². The van der Waals surface area contributed by atoms with Gasteiger partial charge in [0.2, 0.25) is 6.79 Å². The second-order valence-electron chi connectivity index (χ2n) is 6.68. The standard InChI is InChI=1S/C22H18BrNO7S2/c1-3-28-19(25)10-29-20-14(23)6-12(7-17(20)27-2)8-18-21(26)24(22(32)33-18)13-4-5-15-16(9-13)31-11-30-15/h4-9H,3,10-11H2,1-2H3/b18-8-. The minimum absolute atomic E-state index is 0.146. The van der Waals surface area contributed by atoms with Gasteiger partial charge in [-0.1, -0.05) is 24.0 Å². The zero-order chi connectivity index (χ0) is 23.5. The number of ether oxygens (including phenoxy) is 5. The SMILES string of the molecule is CCOC(=O)COc1c(Br)cc(/C=C2\SC(=S)N(c3ccc4c(c3)OCO4)C2=O)cc1OC. The number of methoxy groups -OCH3 is 1. The van der Waals surface area contributed by atoms with E-state index in [4.69, 9.17) is 35.9 Å².